The van der Waals surface area contributed by atoms with Gasteiger partial charge in [-0.05, 0) is 40.0 Å². The van der Waals surface area contributed by atoms with Crippen LogP contribution in [0.2, 0.25) is 0 Å². The van der Waals surface area contributed by atoms with E-state index in [1.165, 1.54) is 35.0 Å². The summed E-state index contributed by atoms with van der Waals surface area (Å²) in [4.78, 5) is 8.65. The highest BCUT2D eigenvalue weighted by Gasteiger charge is 2.28. The standard InChI is InChI=1S/C15H27N3S/c1-6-7-12-13(10-16-15(2,3)4)19-14(17-12)18(5)11-8-9-11/h11,16H,6-10H2,1-5H3. The van der Waals surface area contributed by atoms with Crippen molar-refractivity contribution in [2.45, 2.75) is 71.5 Å². The lowest BCUT2D eigenvalue weighted by molar-refractivity contribution is 0.425. The van der Waals surface area contributed by atoms with E-state index < -0.39 is 0 Å². The predicted octanol–water partition coefficient (Wildman–Crippen LogP) is 3.58. The van der Waals surface area contributed by atoms with E-state index in [-0.39, 0.29) is 5.54 Å². The second-order valence-electron chi connectivity index (χ2n) is 6.56. The van der Waals surface area contributed by atoms with E-state index in [1.54, 1.807) is 0 Å². The predicted molar refractivity (Wildman–Crippen MR) is 84.1 cm³/mol. The first-order valence-electron chi connectivity index (χ1n) is 7.37. The first kappa shape index (κ1) is 14.8. The van der Waals surface area contributed by atoms with Crippen LogP contribution in [-0.2, 0) is 13.0 Å². The van der Waals surface area contributed by atoms with Gasteiger partial charge in [0.2, 0.25) is 0 Å². The first-order valence-corrected chi connectivity index (χ1v) is 8.19. The van der Waals surface area contributed by atoms with E-state index in [2.05, 4.69) is 45.0 Å². The third kappa shape index (κ3) is 4.18. The van der Waals surface area contributed by atoms with Gasteiger partial charge in [-0.3, -0.25) is 0 Å². The Morgan fingerprint density at radius 2 is 2.05 bits per heavy atom. The fourth-order valence-electron chi connectivity index (χ4n) is 2.05. The van der Waals surface area contributed by atoms with Crippen LogP contribution in [0.15, 0.2) is 0 Å². The van der Waals surface area contributed by atoms with Gasteiger partial charge in [0.05, 0.1) is 5.69 Å². The molecule has 0 bridgehead atoms. The molecule has 1 fully saturated rings. The first-order chi connectivity index (χ1) is 8.90. The Balaban J connectivity index is 2.10. The van der Waals surface area contributed by atoms with Gasteiger partial charge in [-0.1, -0.05) is 13.3 Å². The molecule has 1 aromatic rings. The van der Waals surface area contributed by atoms with Crippen LogP contribution in [0.25, 0.3) is 0 Å². The molecule has 0 saturated heterocycles. The molecule has 1 saturated carbocycles. The molecule has 0 radical (unpaired) electrons. The molecule has 0 aliphatic heterocycles. The lowest BCUT2D eigenvalue weighted by Gasteiger charge is -2.20. The molecule has 0 amide bonds. The quantitative estimate of drug-likeness (QED) is 0.864. The zero-order chi connectivity index (χ0) is 14.0. The van der Waals surface area contributed by atoms with Crippen molar-refractivity contribution in [2.75, 3.05) is 11.9 Å². The fraction of sp³-hybridized carbons (Fsp3) is 0.800. The maximum absolute atomic E-state index is 4.87. The molecular weight excluding hydrogens is 254 g/mol. The molecule has 0 spiro atoms. The normalized spacial score (nSPS) is 15.8. The molecule has 0 atom stereocenters. The Morgan fingerprint density at radius 1 is 1.37 bits per heavy atom. The van der Waals surface area contributed by atoms with Gasteiger partial charge < -0.3 is 10.2 Å². The second kappa shape index (κ2) is 5.80. The molecule has 2 rings (SSSR count). The van der Waals surface area contributed by atoms with Crippen molar-refractivity contribution in [3.63, 3.8) is 0 Å². The van der Waals surface area contributed by atoms with Crippen LogP contribution in [0.4, 0.5) is 5.13 Å². The molecule has 19 heavy (non-hydrogen) atoms. The number of hydrogen-bond acceptors (Lipinski definition) is 4. The van der Waals surface area contributed by atoms with Crippen LogP contribution in [0, 0.1) is 0 Å². The van der Waals surface area contributed by atoms with Gasteiger partial charge in [-0.15, -0.1) is 11.3 Å². The van der Waals surface area contributed by atoms with E-state index in [0.717, 1.165) is 19.0 Å². The van der Waals surface area contributed by atoms with Crippen LogP contribution < -0.4 is 10.2 Å². The van der Waals surface area contributed by atoms with Crippen LogP contribution in [0.3, 0.4) is 0 Å². The van der Waals surface area contributed by atoms with Crippen LogP contribution in [-0.4, -0.2) is 23.6 Å². The maximum Gasteiger partial charge on any atom is 0.185 e. The van der Waals surface area contributed by atoms with Gasteiger partial charge in [0.25, 0.3) is 0 Å². The van der Waals surface area contributed by atoms with E-state index in [1.807, 2.05) is 11.3 Å². The topological polar surface area (TPSA) is 28.2 Å². The van der Waals surface area contributed by atoms with Crippen molar-refractivity contribution in [1.82, 2.24) is 10.3 Å². The van der Waals surface area contributed by atoms with Crippen molar-refractivity contribution in [3.8, 4) is 0 Å². The van der Waals surface area contributed by atoms with Crippen LogP contribution in [0.5, 0.6) is 0 Å². The largest absolute Gasteiger partial charge is 0.348 e. The lowest BCUT2D eigenvalue weighted by Crippen LogP contribution is -2.35. The number of aryl methyl sites for hydroxylation is 1. The Morgan fingerprint density at radius 3 is 2.58 bits per heavy atom. The highest BCUT2D eigenvalue weighted by Crippen LogP contribution is 2.34. The molecule has 1 aliphatic carbocycles. The summed E-state index contributed by atoms with van der Waals surface area (Å²) < 4.78 is 0. The number of nitrogens with zero attached hydrogens (tertiary/aromatic N) is 2. The Kier molecular flexibility index (Phi) is 4.51. The summed E-state index contributed by atoms with van der Waals surface area (Å²) in [6.07, 6.45) is 4.92. The molecule has 1 N–H and O–H groups in total. The molecule has 1 heterocycles. The zero-order valence-corrected chi connectivity index (χ0v) is 13.7. The minimum absolute atomic E-state index is 0.163. The summed E-state index contributed by atoms with van der Waals surface area (Å²) in [6.45, 7) is 9.81. The number of thiazole rings is 1. The SMILES string of the molecule is CCCc1nc(N(C)C2CC2)sc1CNC(C)(C)C. The van der Waals surface area contributed by atoms with E-state index in [0.29, 0.717) is 0 Å². The van der Waals surface area contributed by atoms with Gasteiger partial charge >= 0.3 is 0 Å². The molecular formula is C15H27N3S. The Hall–Kier alpha value is -0.610. The summed E-state index contributed by atoms with van der Waals surface area (Å²) in [7, 11) is 2.19. The van der Waals surface area contributed by atoms with Gasteiger partial charge in [0.1, 0.15) is 0 Å². The van der Waals surface area contributed by atoms with E-state index >= 15 is 0 Å². The number of aromatic nitrogens is 1. The minimum Gasteiger partial charge on any atom is -0.348 e. The van der Waals surface area contributed by atoms with Crippen molar-refractivity contribution in [1.29, 1.82) is 0 Å². The third-order valence-corrected chi connectivity index (χ3v) is 4.62. The lowest BCUT2D eigenvalue weighted by atomic mass is 10.1. The average Bonchev–Trinajstić information content (AvgIpc) is 3.08. The molecule has 0 unspecified atom stereocenters. The maximum atomic E-state index is 4.87. The number of nitrogens with one attached hydrogen (secondary N) is 1. The van der Waals surface area contributed by atoms with Crippen molar-refractivity contribution >= 4 is 16.5 Å². The van der Waals surface area contributed by atoms with Crippen molar-refractivity contribution < 1.29 is 0 Å². The second-order valence-corrected chi connectivity index (χ2v) is 7.62. The molecule has 1 aliphatic rings. The Labute approximate surface area is 121 Å². The van der Waals surface area contributed by atoms with Crippen molar-refractivity contribution in [2.24, 2.45) is 0 Å². The molecule has 0 aromatic carbocycles. The van der Waals surface area contributed by atoms with Crippen LogP contribution >= 0.6 is 11.3 Å². The molecule has 1 aromatic heterocycles. The van der Waals surface area contributed by atoms with Gasteiger partial charge in [0.15, 0.2) is 5.13 Å². The summed E-state index contributed by atoms with van der Waals surface area (Å²) in [6, 6.07) is 0.740. The zero-order valence-electron chi connectivity index (χ0n) is 12.9. The molecule has 4 heteroatoms. The minimum atomic E-state index is 0.163. The summed E-state index contributed by atoms with van der Waals surface area (Å²) in [5, 5.41) is 4.79. The summed E-state index contributed by atoms with van der Waals surface area (Å²) in [5.74, 6) is 0. The highest BCUT2D eigenvalue weighted by atomic mass is 32.1. The number of anilines is 1. The third-order valence-electron chi connectivity index (χ3n) is 3.43. The summed E-state index contributed by atoms with van der Waals surface area (Å²) >= 11 is 1.87. The Bertz CT molecular complexity index is 416. The van der Waals surface area contributed by atoms with Crippen molar-refractivity contribution in [3.05, 3.63) is 10.6 Å². The summed E-state index contributed by atoms with van der Waals surface area (Å²) in [5.41, 5.74) is 1.46. The molecule has 3 nitrogen and oxygen atoms in total. The highest BCUT2D eigenvalue weighted by molar-refractivity contribution is 7.15. The molecule has 108 valence electrons. The monoisotopic (exact) mass is 281 g/mol. The van der Waals surface area contributed by atoms with Gasteiger partial charge in [0, 0.05) is 30.1 Å². The van der Waals surface area contributed by atoms with Gasteiger partial charge in [-0.25, -0.2) is 4.98 Å². The van der Waals surface area contributed by atoms with E-state index in [9.17, 15) is 0 Å². The van der Waals surface area contributed by atoms with Crippen LogP contribution in [0.1, 0.15) is 57.5 Å². The van der Waals surface area contributed by atoms with Gasteiger partial charge in [-0.2, -0.15) is 0 Å². The average molecular weight is 281 g/mol. The number of rotatable bonds is 6. The fourth-order valence-corrected chi connectivity index (χ4v) is 3.13. The number of hydrogen-bond donors (Lipinski definition) is 1. The smallest absolute Gasteiger partial charge is 0.185 e. The van der Waals surface area contributed by atoms with E-state index in [4.69, 9.17) is 4.98 Å².